The summed E-state index contributed by atoms with van der Waals surface area (Å²) in [6, 6.07) is 5.57. The normalized spacial score (nSPS) is 14.7. The molecule has 1 aromatic rings. The van der Waals surface area contributed by atoms with Gasteiger partial charge in [0.1, 0.15) is 0 Å². The lowest BCUT2D eigenvalue weighted by molar-refractivity contribution is -0.142. The molecule has 1 aliphatic rings. The van der Waals surface area contributed by atoms with E-state index in [9.17, 15) is 9.59 Å². The number of benzene rings is 1. The van der Waals surface area contributed by atoms with Crippen molar-refractivity contribution in [1.82, 2.24) is 4.90 Å². The van der Waals surface area contributed by atoms with Crippen molar-refractivity contribution in [3.05, 3.63) is 28.2 Å². The van der Waals surface area contributed by atoms with E-state index in [0.717, 1.165) is 18.8 Å². The molecule has 0 aromatic heterocycles. The van der Waals surface area contributed by atoms with Crippen LogP contribution in [0.3, 0.4) is 0 Å². The largest absolute Gasteiger partial charge is 0.466 e. The van der Waals surface area contributed by atoms with Gasteiger partial charge in [-0.2, -0.15) is 0 Å². The molecule has 1 amide bonds. The third-order valence-corrected chi connectivity index (χ3v) is 4.55. The van der Waals surface area contributed by atoms with E-state index in [0.29, 0.717) is 42.6 Å². The summed E-state index contributed by atoms with van der Waals surface area (Å²) in [6.45, 7) is 4.39. The fourth-order valence-corrected chi connectivity index (χ4v) is 2.95. The van der Waals surface area contributed by atoms with Crippen LogP contribution in [0.2, 0.25) is 10.0 Å². The number of nitrogens with zero attached hydrogens (tertiary/aromatic N) is 2. The van der Waals surface area contributed by atoms with Crippen LogP contribution in [0, 0.1) is 0 Å². The van der Waals surface area contributed by atoms with Crippen molar-refractivity contribution in [2.75, 3.05) is 37.7 Å². The number of hydrogen-bond donors (Lipinski definition) is 0. The van der Waals surface area contributed by atoms with E-state index in [2.05, 4.69) is 4.90 Å². The molecule has 0 bridgehead atoms. The summed E-state index contributed by atoms with van der Waals surface area (Å²) in [4.78, 5) is 26.8. The van der Waals surface area contributed by atoms with Crippen LogP contribution in [0.25, 0.3) is 0 Å². The van der Waals surface area contributed by atoms with E-state index in [-0.39, 0.29) is 11.9 Å². The zero-order valence-electron chi connectivity index (χ0n) is 13.1. The average Bonchev–Trinajstić information content (AvgIpc) is 2.54. The lowest BCUT2D eigenvalue weighted by atomic mass is 10.2. The molecule has 5 nitrogen and oxygen atoms in total. The van der Waals surface area contributed by atoms with Crippen LogP contribution in [0.4, 0.5) is 5.69 Å². The smallest absolute Gasteiger partial charge is 0.302 e. The molecule has 0 aliphatic carbocycles. The fraction of sp³-hybridized carbons (Fsp3) is 0.500. The molecule has 23 heavy (non-hydrogen) atoms. The first kappa shape index (κ1) is 17.9. The minimum Gasteiger partial charge on any atom is -0.466 e. The Morgan fingerprint density at radius 2 is 1.87 bits per heavy atom. The van der Waals surface area contributed by atoms with Gasteiger partial charge in [0.15, 0.2) is 0 Å². The molecule has 0 radical (unpaired) electrons. The number of halogens is 2. The third-order valence-electron chi connectivity index (χ3n) is 3.74. The lowest BCUT2D eigenvalue weighted by Crippen LogP contribution is -2.48. The third kappa shape index (κ3) is 5.01. The Morgan fingerprint density at radius 1 is 1.17 bits per heavy atom. The number of carbonyl (C=O) groups excluding carboxylic acids is 2. The van der Waals surface area contributed by atoms with Crippen LogP contribution in [-0.4, -0.2) is 49.6 Å². The summed E-state index contributed by atoms with van der Waals surface area (Å²) in [5, 5.41) is 1.09. The molecule has 126 valence electrons. The second kappa shape index (κ2) is 8.41. The maximum Gasteiger partial charge on any atom is 0.302 e. The predicted molar refractivity (Wildman–Crippen MR) is 91.1 cm³/mol. The Hall–Kier alpha value is -1.46. The highest BCUT2D eigenvalue weighted by Gasteiger charge is 2.22. The standard InChI is InChI=1S/C16H20Cl2N2O3/c1-12(21)23-11-3-6-15(22)20-9-7-19(8-10-20)14-5-2-4-13(17)16(14)18/h2,4-5H,3,6-11H2,1H3. The van der Waals surface area contributed by atoms with Gasteiger partial charge in [-0.1, -0.05) is 29.3 Å². The van der Waals surface area contributed by atoms with E-state index < -0.39 is 0 Å². The Morgan fingerprint density at radius 3 is 2.52 bits per heavy atom. The second-order valence-corrected chi connectivity index (χ2v) is 6.17. The Balaban J connectivity index is 1.80. The SMILES string of the molecule is CC(=O)OCCCC(=O)N1CCN(c2cccc(Cl)c2Cl)CC1. The average molecular weight is 359 g/mol. The van der Waals surface area contributed by atoms with Crippen LogP contribution >= 0.6 is 23.2 Å². The highest BCUT2D eigenvalue weighted by atomic mass is 35.5. The van der Waals surface area contributed by atoms with Gasteiger partial charge in [0.25, 0.3) is 0 Å². The first-order valence-electron chi connectivity index (χ1n) is 7.59. The van der Waals surface area contributed by atoms with E-state index in [4.69, 9.17) is 27.9 Å². The predicted octanol–water partition coefficient (Wildman–Crippen LogP) is 2.99. The highest BCUT2D eigenvalue weighted by Crippen LogP contribution is 2.32. The summed E-state index contributed by atoms with van der Waals surface area (Å²) in [5.74, 6) is -0.224. The zero-order chi connectivity index (χ0) is 16.8. The van der Waals surface area contributed by atoms with E-state index in [1.165, 1.54) is 6.92 Å². The number of hydrogen-bond acceptors (Lipinski definition) is 4. The molecule has 1 aliphatic heterocycles. The number of carbonyl (C=O) groups is 2. The molecule has 0 N–H and O–H groups in total. The molecule has 0 spiro atoms. The van der Waals surface area contributed by atoms with E-state index in [1.54, 1.807) is 6.07 Å². The van der Waals surface area contributed by atoms with Gasteiger partial charge in [-0.25, -0.2) is 0 Å². The van der Waals surface area contributed by atoms with Gasteiger partial charge in [-0.15, -0.1) is 0 Å². The van der Waals surface area contributed by atoms with Gasteiger partial charge in [0, 0.05) is 39.5 Å². The molecule has 1 heterocycles. The van der Waals surface area contributed by atoms with Crippen molar-refractivity contribution in [2.24, 2.45) is 0 Å². The molecule has 0 saturated carbocycles. The fourth-order valence-electron chi connectivity index (χ4n) is 2.53. The van der Waals surface area contributed by atoms with Crippen LogP contribution in [-0.2, 0) is 14.3 Å². The van der Waals surface area contributed by atoms with Crippen LogP contribution in [0.5, 0.6) is 0 Å². The van der Waals surface area contributed by atoms with Crippen molar-refractivity contribution in [3.63, 3.8) is 0 Å². The van der Waals surface area contributed by atoms with Crippen molar-refractivity contribution in [1.29, 1.82) is 0 Å². The van der Waals surface area contributed by atoms with Crippen LogP contribution < -0.4 is 4.90 Å². The van der Waals surface area contributed by atoms with E-state index >= 15 is 0 Å². The van der Waals surface area contributed by atoms with Gasteiger partial charge >= 0.3 is 5.97 Å². The topological polar surface area (TPSA) is 49.9 Å². The number of amides is 1. The van der Waals surface area contributed by atoms with Crippen molar-refractivity contribution >= 4 is 40.8 Å². The molecule has 0 unspecified atom stereocenters. The number of rotatable bonds is 5. The maximum absolute atomic E-state index is 12.1. The van der Waals surface area contributed by atoms with Gasteiger partial charge < -0.3 is 14.5 Å². The van der Waals surface area contributed by atoms with Gasteiger partial charge in [-0.3, -0.25) is 9.59 Å². The lowest BCUT2D eigenvalue weighted by Gasteiger charge is -2.36. The number of anilines is 1. The molecular formula is C16H20Cl2N2O3. The van der Waals surface area contributed by atoms with Gasteiger partial charge in [0.2, 0.25) is 5.91 Å². The Labute approximate surface area is 146 Å². The molecule has 7 heteroatoms. The van der Waals surface area contributed by atoms with Crippen molar-refractivity contribution in [2.45, 2.75) is 19.8 Å². The first-order valence-corrected chi connectivity index (χ1v) is 8.34. The quantitative estimate of drug-likeness (QED) is 0.599. The van der Waals surface area contributed by atoms with Crippen molar-refractivity contribution in [3.8, 4) is 0 Å². The monoisotopic (exact) mass is 358 g/mol. The highest BCUT2D eigenvalue weighted by molar-refractivity contribution is 6.43. The number of esters is 1. The summed E-state index contributed by atoms with van der Waals surface area (Å²) in [6.07, 6.45) is 0.948. The minimum absolute atomic E-state index is 0.0917. The molecule has 1 fully saturated rings. The molecular weight excluding hydrogens is 339 g/mol. The summed E-state index contributed by atoms with van der Waals surface area (Å²) in [7, 11) is 0. The Bertz CT molecular complexity index is 572. The number of piperazine rings is 1. The zero-order valence-corrected chi connectivity index (χ0v) is 14.6. The van der Waals surface area contributed by atoms with Gasteiger partial charge in [0.05, 0.1) is 22.3 Å². The summed E-state index contributed by atoms with van der Waals surface area (Å²) >= 11 is 12.3. The second-order valence-electron chi connectivity index (χ2n) is 5.38. The molecule has 0 atom stereocenters. The minimum atomic E-state index is -0.315. The van der Waals surface area contributed by atoms with Crippen LogP contribution in [0.15, 0.2) is 18.2 Å². The van der Waals surface area contributed by atoms with Crippen molar-refractivity contribution < 1.29 is 14.3 Å². The summed E-state index contributed by atoms with van der Waals surface area (Å²) < 4.78 is 4.83. The van der Waals surface area contributed by atoms with Gasteiger partial charge in [-0.05, 0) is 18.6 Å². The van der Waals surface area contributed by atoms with Crippen LogP contribution in [0.1, 0.15) is 19.8 Å². The summed E-state index contributed by atoms with van der Waals surface area (Å²) in [5.41, 5.74) is 0.904. The molecule has 1 saturated heterocycles. The Kier molecular flexibility index (Phi) is 6.54. The van der Waals surface area contributed by atoms with E-state index in [1.807, 2.05) is 17.0 Å². The molecule has 2 rings (SSSR count). The molecule has 1 aromatic carbocycles. The number of ether oxygens (including phenoxy) is 1. The first-order chi connectivity index (χ1) is 11.0. The maximum atomic E-state index is 12.1.